The average Bonchev–Trinajstić information content (AvgIpc) is 3.08. The monoisotopic (exact) mass is 316 g/mol. The summed E-state index contributed by atoms with van der Waals surface area (Å²) in [6.45, 7) is 4.20. The van der Waals surface area contributed by atoms with Crippen LogP contribution in [0.5, 0.6) is 17.2 Å². The molecule has 0 atom stereocenters. The SMILES string of the molecule is COc1cc(OC)c(C(=O)CC(C)(C)C2C=CC=C2)cc1OC. The van der Waals surface area contributed by atoms with Gasteiger partial charge in [-0.25, -0.2) is 0 Å². The number of ether oxygens (including phenoxy) is 3. The van der Waals surface area contributed by atoms with E-state index in [0.717, 1.165) is 0 Å². The van der Waals surface area contributed by atoms with Crippen LogP contribution in [0.4, 0.5) is 0 Å². The van der Waals surface area contributed by atoms with Gasteiger partial charge in [-0.3, -0.25) is 4.79 Å². The van der Waals surface area contributed by atoms with E-state index < -0.39 is 0 Å². The molecule has 0 fully saturated rings. The first-order valence-electron chi connectivity index (χ1n) is 7.61. The maximum absolute atomic E-state index is 12.8. The van der Waals surface area contributed by atoms with Crippen LogP contribution in [-0.2, 0) is 0 Å². The molecule has 2 rings (SSSR count). The first-order valence-corrected chi connectivity index (χ1v) is 7.61. The molecule has 0 saturated carbocycles. The standard InChI is InChI=1S/C19H24O4/c1-19(2,13-8-6-7-9-13)12-15(20)14-10-17(22-4)18(23-5)11-16(14)21-3/h6-11,13H,12H2,1-5H3. The van der Waals surface area contributed by atoms with Crippen molar-refractivity contribution in [2.24, 2.45) is 11.3 Å². The van der Waals surface area contributed by atoms with E-state index in [2.05, 4.69) is 26.0 Å². The van der Waals surface area contributed by atoms with Crippen molar-refractivity contribution in [2.75, 3.05) is 21.3 Å². The molecule has 1 aliphatic rings. The van der Waals surface area contributed by atoms with Gasteiger partial charge in [0.2, 0.25) is 0 Å². The van der Waals surface area contributed by atoms with E-state index >= 15 is 0 Å². The predicted octanol–water partition coefficient (Wildman–Crippen LogP) is 4.05. The van der Waals surface area contributed by atoms with E-state index in [4.69, 9.17) is 14.2 Å². The van der Waals surface area contributed by atoms with Crippen LogP contribution in [-0.4, -0.2) is 27.1 Å². The second-order valence-electron chi connectivity index (χ2n) is 6.29. The van der Waals surface area contributed by atoms with E-state index in [-0.39, 0.29) is 17.1 Å². The lowest BCUT2D eigenvalue weighted by molar-refractivity contribution is 0.0912. The van der Waals surface area contributed by atoms with Gasteiger partial charge in [-0.2, -0.15) is 0 Å². The Bertz CT molecular complexity index is 629. The molecule has 1 aromatic rings. The first kappa shape index (κ1) is 17.1. The maximum Gasteiger partial charge on any atom is 0.167 e. The Kier molecular flexibility index (Phi) is 5.14. The average molecular weight is 316 g/mol. The number of methoxy groups -OCH3 is 3. The fourth-order valence-corrected chi connectivity index (χ4v) is 2.83. The van der Waals surface area contributed by atoms with Gasteiger partial charge in [0.25, 0.3) is 0 Å². The van der Waals surface area contributed by atoms with E-state index in [1.807, 2.05) is 12.2 Å². The number of carbonyl (C=O) groups excluding carboxylic acids is 1. The van der Waals surface area contributed by atoms with Gasteiger partial charge >= 0.3 is 0 Å². The van der Waals surface area contributed by atoms with Crippen molar-refractivity contribution < 1.29 is 19.0 Å². The van der Waals surface area contributed by atoms with Crippen molar-refractivity contribution in [1.82, 2.24) is 0 Å². The van der Waals surface area contributed by atoms with Crippen LogP contribution >= 0.6 is 0 Å². The fraction of sp³-hybridized carbons (Fsp3) is 0.421. The molecule has 0 amide bonds. The zero-order valence-corrected chi connectivity index (χ0v) is 14.4. The van der Waals surface area contributed by atoms with Crippen molar-refractivity contribution in [1.29, 1.82) is 0 Å². The molecule has 0 N–H and O–H groups in total. The summed E-state index contributed by atoms with van der Waals surface area (Å²) in [5.41, 5.74) is 0.350. The first-order chi connectivity index (χ1) is 10.9. The molecule has 1 aliphatic carbocycles. The molecule has 0 unspecified atom stereocenters. The number of rotatable bonds is 7. The van der Waals surface area contributed by atoms with Crippen LogP contribution in [0.15, 0.2) is 36.4 Å². The van der Waals surface area contributed by atoms with Crippen molar-refractivity contribution in [3.05, 3.63) is 42.0 Å². The molecule has 0 heterocycles. The number of benzene rings is 1. The van der Waals surface area contributed by atoms with Gasteiger partial charge in [0, 0.05) is 18.4 Å². The number of carbonyl (C=O) groups is 1. The predicted molar refractivity (Wildman–Crippen MR) is 90.6 cm³/mol. The molecule has 0 bridgehead atoms. The highest BCUT2D eigenvalue weighted by Crippen LogP contribution is 2.39. The van der Waals surface area contributed by atoms with Crippen molar-refractivity contribution in [2.45, 2.75) is 20.3 Å². The Labute approximate surface area is 137 Å². The van der Waals surface area contributed by atoms with Gasteiger partial charge in [-0.05, 0) is 11.5 Å². The highest BCUT2D eigenvalue weighted by Gasteiger charge is 2.31. The summed E-state index contributed by atoms with van der Waals surface area (Å²) in [6, 6.07) is 3.38. The third kappa shape index (κ3) is 3.58. The van der Waals surface area contributed by atoms with Crippen LogP contribution < -0.4 is 14.2 Å². The van der Waals surface area contributed by atoms with Gasteiger partial charge in [-0.15, -0.1) is 0 Å². The lowest BCUT2D eigenvalue weighted by atomic mass is 9.75. The van der Waals surface area contributed by atoms with Gasteiger partial charge in [0.1, 0.15) is 5.75 Å². The number of hydrogen-bond donors (Lipinski definition) is 0. The molecule has 23 heavy (non-hydrogen) atoms. The summed E-state index contributed by atoms with van der Waals surface area (Å²) in [7, 11) is 4.66. The van der Waals surface area contributed by atoms with Gasteiger partial charge in [0.15, 0.2) is 17.3 Å². The second kappa shape index (κ2) is 6.90. The summed E-state index contributed by atoms with van der Waals surface area (Å²) in [4.78, 5) is 12.8. The van der Waals surface area contributed by atoms with Crippen molar-refractivity contribution >= 4 is 5.78 Å². The molecule has 1 aromatic carbocycles. The topological polar surface area (TPSA) is 44.8 Å². The van der Waals surface area contributed by atoms with Crippen LogP contribution in [0, 0.1) is 11.3 Å². The molecule has 0 aliphatic heterocycles. The lowest BCUT2D eigenvalue weighted by Gasteiger charge is -2.29. The third-order valence-corrected chi connectivity index (χ3v) is 4.27. The van der Waals surface area contributed by atoms with Crippen molar-refractivity contribution in [3.63, 3.8) is 0 Å². The van der Waals surface area contributed by atoms with Crippen LogP contribution in [0.3, 0.4) is 0 Å². The molecule has 0 aromatic heterocycles. The summed E-state index contributed by atoms with van der Waals surface area (Å²) < 4.78 is 15.9. The quantitative estimate of drug-likeness (QED) is 0.712. The molecule has 0 radical (unpaired) electrons. The zero-order chi connectivity index (χ0) is 17.0. The zero-order valence-electron chi connectivity index (χ0n) is 14.4. The lowest BCUT2D eigenvalue weighted by Crippen LogP contribution is -2.24. The van der Waals surface area contributed by atoms with Crippen LogP contribution in [0.2, 0.25) is 0 Å². The highest BCUT2D eigenvalue weighted by molar-refractivity contribution is 5.99. The summed E-state index contributed by atoms with van der Waals surface area (Å²) >= 11 is 0. The minimum absolute atomic E-state index is 0.0292. The molecular formula is C19H24O4. The molecule has 0 spiro atoms. The number of Topliss-reactive ketones (excluding diaryl/α,β-unsaturated/α-hetero) is 1. The molecule has 0 saturated heterocycles. The van der Waals surface area contributed by atoms with E-state index in [0.29, 0.717) is 29.2 Å². The maximum atomic E-state index is 12.8. The van der Waals surface area contributed by atoms with E-state index in [1.165, 1.54) is 0 Å². The summed E-state index contributed by atoms with van der Waals surface area (Å²) in [5.74, 6) is 1.86. The molecular weight excluding hydrogens is 292 g/mol. The fourth-order valence-electron chi connectivity index (χ4n) is 2.83. The molecule has 124 valence electrons. The third-order valence-electron chi connectivity index (χ3n) is 4.27. The largest absolute Gasteiger partial charge is 0.496 e. The Morgan fingerprint density at radius 3 is 2.00 bits per heavy atom. The second-order valence-corrected chi connectivity index (χ2v) is 6.29. The van der Waals surface area contributed by atoms with E-state index in [9.17, 15) is 4.79 Å². The summed E-state index contributed by atoms with van der Waals surface area (Å²) in [6.07, 6.45) is 8.71. The number of ketones is 1. The number of allylic oxidation sites excluding steroid dienone is 4. The minimum atomic E-state index is -0.168. The number of hydrogen-bond acceptors (Lipinski definition) is 4. The van der Waals surface area contributed by atoms with Gasteiger partial charge in [0.05, 0.1) is 26.9 Å². The Hall–Kier alpha value is -2.23. The minimum Gasteiger partial charge on any atom is -0.496 e. The molecule has 4 nitrogen and oxygen atoms in total. The van der Waals surface area contributed by atoms with Crippen LogP contribution in [0.1, 0.15) is 30.6 Å². The Morgan fingerprint density at radius 2 is 1.48 bits per heavy atom. The Morgan fingerprint density at radius 1 is 0.957 bits per heavy atom. The van der Waals surface area contributed by atoms with Gasteiger partial charge in [-0.1, -0.05) is 38.2 Å². The highest BCUT2D eigenvalue weighted by atomic mass is 16.5. The smallest absolute Gasteiger partial charge is 0.167 e. The molecule has 4 heteroatoms. The summed E-state index contributed by atoms with van der Waals surface area (Å²) in [5, 5.41) is 0. The van der Waals surface area contributed by atoms with E-state index in [1.54, 1.807) is 33.5 Å². The van der Waals surface area contributed by atoms with Crippen LogP contribution in [0.25, 0.3) is 0 Å². The van der Waals surface area contributed by atoms with Gasteiger partial charge < -0.3 is 14.2 Å². The Balaban J connectivity index is 2.31. The normalized spacial score (nSPS) is 14.1. The van der Waals surface area contributed by atoms with Crippen molar-refractivity contribution in [3.8, 4) is 17.2 Å².